The highest BCUT2D eigenvalue weighted by molar-refractivity contribution is 6.16. The number of anilines is 1. The third kappa shape index (κ3) is 4.92. The molecule has 0 aliphatic carbocycles. The number of carbonyl (C=O) groups excluding carboxylic acids is 3. The lowest BCUT2D eigenvalue weighted by Gasteiger charge is -2.13. The largest absolute Gasteiger partial charge is 0.493 e. The van der Waals surface area contributed by atoms with Gasteiger partial charge in [0.1, 0.15) is 12.2 Å². The lowest BCUT2D eigenvalue weighted by atomic mass is 10.1. The summed E-state index contributed by atoms with van der Waals surface area (Å²) >= 11 is 0. The quantitative estimate of drug-likeness (QED) is 0.270. The Balaban J connectivity index is 1.84. The van der Waals surface area contributed by atoms with Crippen molar-refractivity contribution >= 4 is 35.3 Å². The number of nitro benzene ring substituents is 1. The summed E-state index contributed by atoms with van der Waals surface area (Å²) in [5, 5.41) is 16.5. The van der Waals surface area contributed by atoms with Crippen molar-refractivity contribution in [2.24, 2.45) is 0 Å². The molecule has 1 aliphatic rings. The van der Waals surface area contributed by atoms with Gasteiger partial charge in [-0.25, -0.2) is 9.69 Å². The number of aryl methyl sites for hydroxylation is 1. The minimum atomic E-state index is -0.812. The smallest absolute Gasteiger partial charge is 0.329 e. The number of imide groups is 1. The van der Waals surface area contributed by atoms with Crippen LogP contribution >= 0.6 is 0 Å². The Morgan fingerprint density at radius 1 is 1.18 bits per heavy atom. The lowest BCUT2D eigenvalue weighted by molar-refractivity contribution is -0.385. The molecule has 172 valence electrons. The number of benzene rings is 2. The Kier molecular flexibility index (Phi) is 6.91. The zero-order chi connectivity index (χ0) is 24.1. The molecule has 11 nitrogen and oxygen atoms in total. The molecule has 0 bridgehead atoms. The summed E-state index contributed by atoms with van der Waals surface area (Å²) in [5.41, 5.74) is 0.953. The van der Waals surface area contributed by atoms with Crippen LogP contribution in [0, 0.1) is 10.1 Å². The van der Waals surface area contributed by atoms with Gasteiger partial charge in [0.2, 0.25) is 5.91 Å². The van der Waals surface area contributed by atoms with Crippen LogP contribution in [0.2, 0.25) is 0 Å². The van der Waals surface area contributed by atoms with Gasteiger partial charge in [0.05, 0.1) is 30.8 Å². The molecule has 1 aliphatic heterocycles. The van der Waals surface area contributed by atoms with Crippen molar-refractivity contribution in [3.8, 4) is 11.5 Å². The van der Waals surface area contributed by atoms with Gasteiger partial charge in [-0.3, -0.25) is 19.7 Å². The Bertz CT molecular complexity index is 1160. The number of nitro groups is 1. The second-order valence-electron chi connectivity index (χ2n) is 6.96. The van der Waals surface area contributed by atoms with Crippen LogP contribution in [-0.2, 0) is 16.0 Å². The van der Waals surface area contributed by atoms with Gasteiger partial charge in [0.25, 0.3) is 11.6 Å². The van der Waals surface area contributed by atoms with Gasteiger partial charge in [-0.2, -0.15) is 0 Å². The number of nitrogens with one attached hydrogen (secondary N) is 2. The number of urea groups is 1. The summed E-state index contributed by atoms with van der Waals surface area (Å²) in [5.74, 6) is -1.00. The van der Waals surface area contributed by atoms with Gasteiger partial charge in [0.15, 0.2) is 11.5 Å². The molecule has 2 aromatic rings. The topological polar surface area (TPSA) is 140 Å². The van der Waals surface area contributed by atoms with Gasteiger partial charge < -0.3 is 20.1 Å². The van der Waals surface area contributed by atoms with E-state index in [0.29, 0.717) is 12.1 Å². The van der Waals surface area contributed by atoms with Gasteiger partial charge >= 0.3 is 6.03 Å². The van der Waals surface area contributed by atoms with E-state index in [0.717, 1.165) is 22.6 Å². The first-order chi connectivity index (χ1) is 15.8. The van der Waals surface area contributed by atoms with E-state index >= 15 is 0 Å². The minimum absolute atomic E-state index is 0.0180. The molecule has 0 atom stereocenters. The second-order valence-corrected chi connectivity index (χ2v) is 6.96. The molecule has 1 saturated heterocycles. The van der Waals surface area contributed by atoms with E-state index in [4.69, 9.17) is 9.47 Å². The van der Waals surface area contributed by atoms with E-state index in [-0.39, 0.29) is 28.4 Å². The summed E-state index contributed by atoms with van der Waals surface area (Å²) in [6.07, 6.45) is 1.85. The first-order valence-electron chi connectivity index (χ1n) is 9.91. The Morgan fingerprint density at radius 3 is 2.48 bits per heavy atom. The number of hydrogen-bond donors (Lipinski definition) is 2. The number of carbonyl (C=O) groups is 3. The summed E-state index contributed by atoms with van der Waals surface area (Å²) < 4.78 is 10.2. The van der Waals surface area contributed by atoms with E-state index in [9.17, 15) is 24.5 Å². The minimum Gasteiger partial charge on any atom is -0.493 e. The van der Waals surface area contributed by atoms with E-state index in [2.05, 4.69) is 10.6 Å². The van der Waals surface area contributed by atoms with Gasteiger partial charge in [-0.15, -0.1) is 0 Å². The number of nitrogens with zero attached hydrogens (tertiary/aromatic N) is 2. The van der Waals surface area contributed by atoms with Crippen molar-refractivity contribution in [3.05, 3.63) is 63.3 Å². The molecule has 3 rings (SSSR count). The maximum Gasteiger partial charge on any atom is 0.329 e. The first kappa shape index (κ1) is 23.3. The molecule has 33 heavy (non-hydrogen) atoms. The predicted octanol–water partition coefficient (Wildman–Crippen LogP) is 2.71. The first-order valence-corrected chi connectivity index (χ1v) is 9.91. The van der Waals surface area contributed by atoms with Crippen LogP contribution < -0.4 is 20.1 Å². The molecular weight excluding hydrogens is 432 g/mol. The monoisotopic (exact) mass is 454 g/mol. The molecule has 0 unspecified atom stereocenters. The highest BCUT2D eigenvalue weighted by atomic mass is 16.6. The number of methoxy groups -OCH3 is 2. The Morgan fingerprint density at radius 2 is 1.85 bits per heavy atom. The fourth-order valence-electron chi connectivity index (χ4n) is 3.31. The fraction of sp³-hybridized carbons (Fsp3) is 0.227. The normalized spacial score (nSPS) is 14.3. The van der Waals surface area contributed by atoms with Crippen LogP contribution in [0.4, 0.5) is 16.2 Å². The van der Waals surface area contributed by atoms with Crippen LogP contribution in [-0.4, -0.2) is 48.4 Å². The molecule has 2 N–H and O–H groups in total. The van der Waals surface area contributed by atoms with Gasteiger partial charge in [-0.05, 0) is 30.2 Å². The average Bonchev–Trinajstić information content (AvgIpc) is 3.06. The van der Waals surface area contributed by atoms with Crippen molar-refractivity contribution in [2.45, 2.75) is 13.3 Å². The Hall–Kier alpha value is -4.41. The van der Waals surface area contributed by atoms with Crippen LogP contribution in [0.25, 0.3) is 6.08 Å². The maximum atomic E-state index is 12.8. The zero-order valence-electron chi connectivity index (χ0n) is 18.2. The van der Waals surface area contributed by atoms with Crippen LogP contribution in [0.1, 0.15) is 18.1 Å². The third-order valence-corrected chi connectivity index (χ3v) is 4.97. The van der Waals surface area contributed by atoms with Crippen molar-refractivity contribution in [1.29, 1.82) is 0 Å². The van der Waals surface area contributed by atoms with Gasteiger partial charge in [-0.1, -0.05) is 25.1 Å². The molecule has 1 heterocycles. The van der Waals surface area contributed by atoms with E-state index in [1.165, 1.54) is 20.3 Å². The van der Waals surface area contributed by atoms with E-state index in [1.54, 1.807) is 12.1 Å². The molecule has 2 aromatic carbocycles. The molecule has 0 aromatic heterocycles. The number of para-hydroxylation sites is 1. The summed E-state index contributed by atoms with van der Waals surface area (Å²) in [4.78, 5) is 49.1. The molecule has 0 spiro atoms. The summed E-state index contributed by atoms with van der Waals surface area (Å²) in [7, 11) is 2.70. The fourth-order valence-corrected chi connectivity index (χ4v) is 3.31. The Labute approximate surface area is 189 Å². The zero-order valence-corrected chi connectivity index (χ0v) is 18.2. The van der Waals surface area contributed by atoms with Crippen molar-refractivity contribution in [3.63, 3.8) is 0 Å². The van der Waals surface area contributed by atoms with E-state index < -0.39 is 29.3 Å². The number of amides is 4. The van der Waals surface area contributed by atoms with Crippen LogP contribution in [0.15, 0.2) is 42.1 Å². The summed E-state index contributed by atoms with van der Waals surface area (Å²) in [6.45, 7) is 1.42. The van der Waals surface area contributed by atoms with Gasteiger partial charge in [0, 0.05) is 5.69 Å². The van der Waals surface area contributed by atoms with Crippen molar-refractivity contribution in [2.75, 3.05) is 26.1 Å². The highest BCUT2D eigenvalue weighted by Crippen LogP contribution is 2.35. The van der Waals surface area contributed by atoms with Crippen LogP contribution in [0.5, 0.6) is 11.5 Å². The van der Waals surface area contributed by atoms with Crippen molar-refractivity contribution in [1.82, 2.24) is 10.2 Å². The van der Waals surface area contributed by atoms with E-state index in [1.807, 2.05) is 19.1 Å². The lowest BCUT2D eigenvalue weighted by Crippen LogP contribution is -2.38. The third-order valence-electron chi connectivity index (χ3n) is 4.97. The van der Waals surface area contributed by atoms with Crippen molar-refractivity contribution < 1.29 is 28.8 Å². The standard InChI is InChI=1S/C22H22N4O7/c1-4-13-7-5-6-8-15(13)23-20(27)12-25-21(28)16(24-22(25)29)9-14-10-18(32-2)19(33-3)11-17(14)26(30)31/h5-11H,4,12H2,1-3H3,(H,23,27)(H,24,29)/b16-9+. The molecule has 1 fully saturated rings. The highest BCUT2D eigenvalue weighted by Gasteiger charge is 2.35. The number of hydrogen-bond acceptors (Lipinski definition) is 7. The maximum absolute atomic E-state index is 12.8. The molecule has 11 heteroatoms. The second kappa shape index (κ2) is 9.81. The molecule has 0 saturated carbocycles. The molecule has 0 radical (unpaired) electrons. The average molecular weight is 454 g/mol. The summed E-state index contributed by atoms with van der Waals surface area (Å²) in [6, 6.07) is 8.86. The van der Waals surface area contributed by atoms with Crippen LogP contribution in [0.3, 0.4) is 0 Å². The number of rotatable bonds is 8. The SMILES string of the molecule is CCc1ccccc1NC(=O)CN1C(=O)N/C(=C/c2cc(OC)c(OC)cc2[N+](=O)[O-])C1=O. The molecular formula is C22H22N4O7. The molecule has 4 amide bonds. The predicted molar refractivity (Wildman–Crippen MR) is 119 cm³/mol. The number of ether oxygens (including phenoxy) is 2.